The van der Waals surface area contributed by atoms with Crippen LogP contribution in [-0.2, 0) is 9.47 Å². The monoisotopic (exact) mass is 251 g/mol. The maximum Gasteiger partial charge on any atom is 0.0741 e. The minimum Gasteiger partial charge on any atom is -0.381 e. The fourth-order valence-corrected chi connectivity index (χ4v) is 3.54. The molecule has 3 aliphatic rings. The van der Waals surface area contributed by atoms with Gasteiger partial charge in [0.05, 0.1) is 5.60 Å². The van der Waals surface area contributed by atoms with Crippen LogP contribution in [0.2, 0.25) is 0 Å². The Labute approximate surface area is 110 Å². The van der Waals surface area contributed by atoms with Crippen molar-refractivity contribution in [1.82, 2.24) is 5.32 Å². The first-order chi connectivity index (χ1) is 8.86. The number of nitrogens with one attached hydrogen (secondary N) is 1. The number of hydrogen-bond acceptors (Lipinski definition) is 3. The molecule has 2 saturated heterocycles. The van der Waals surface area contributed by atoms with E-state index < -0.39 is 0 Å². The predicted octanol–water partition coefficient (Wildman–Crippen LogP) is 2.41. The molecular formula is C15H25NO2. The van der Waals surface area contributed by atoms with E-state index in [1.165, 1.54) is 32.1 Å². The Kier molecular flexibility index (Phi) is 4.02. The van der Waals surface area contributed by atoms with Crippen LogP contribution in [0, 0.1) is 0 Å². The summed E-state index contributed by atoms with van der Waals surface area (Å²) >= 11 is 0. The van der Waals surface area contributed by atoms with Crippen LogP contribution in [0.5, 0.6) is 0 Å². The second kappa shape index (κ2) is 5.72. The van der Waals surface area contributed by atoms with Crippen molar-refractivity contribution in [3.63, 3.8) is 0 Å². The molecule has 2 unspecified atom stereocenters. The average Bonchev–Trinajstić information content (AvgIpc) is 2.41. The lowest BCUT2D eigenvalue weighted by Crippen LogP contribution is -2.51. The smallest absolute Gasteiger partial charge is 0.0741 e. The summed E-state index contributed by atoms with van der Waals surface area (Å²) in [4.78, 5) is 0. The fraction of sp³-hybridized carbons (Fsp3) is 0.867. The van der Waals surface area contributed by atoms with Gasteiger partial charge in [-0.3, -0.25) is 0 Å². The van der Waals surface area contributed by atoms with Crippen molar-refractivity contribution >= 4 is 0 Å². The van der Waals surface area contributed by atoms with Gasteiger partial charge in [0.15, 0.2) is 0 Å². The lowest BCUT2D eigenvalue weighted by atomic mass is 9.83. The Morgan fingerprint density at radius 3 is 2.67 bits per heavy atom. The van der Waals surface area contributed by atoms with E-state index in [9.17, 15) is 0 Å². The van der Waals surface area contributed by atoms with Crippen molar-refractivity contribution in [3.05, 3.63) is 12.2 Å². The van der Waals surface area contributed by atoms with Gasteiger partial charge in [-0.2, -0.15) is 0 Å². The summed E-state index contributed by atoms with van der Waals surface area (Å²) in [5, 5.41) is 3.86. The molecule has 3 heteroatoms. The zero-order valence-corrected chi connectivity index (χ0v) is 11.2. The number of ether oxygens (including phenoxy) is 2. The number of allylic oxidation sites excluding steroid dienone is 1. The van der Waals surface area contributed by atoms with Crippen LogP contribution in [0.3, 0.4) is 0 Å². The van der Waals surface area contributed by atoms with E-state index in [1.807, 2.05) is 0 Å². The molecule has 2 heterocycles. The number of hydrogen-bond donors (Lipinski definition) is 1. The molecule has 1 spiro atoms. The van der Waals surface area contributed by atoms with Crippen molar-refractivity contribution in [3.8, 4) is 0 Å². The highest BCUT2D eigenvalue weighted by Gasteiger charge is 2.39. The summed E-state index contributed by atoms with van der Waals surface area (Å²) in [7, 11) is 0. The van der Waals surface area contributed by atoms with E-state index >= 15 is 0 Å². The summed E-state index contributed by atoms with van der Waals surface area (Å²) in [6.07, 6.45) is 12.9. The van der Waals surface area contributed by atoms with Gasteiger partial charge in [-0.15, -0.1) is 0 Å². The van der Waals surface area contributed by atoms with Crippen LogP contribution in [0.1, 0.15) is 44.9 Å². The zero-order chi connectivity index (χ0) is 12.3. The maximum atomic E-state index is 6.09. The standard InChI is InChI=1S/C15H25NO2/c1-2-4-13(5-3-1)16-14-6-9-18-15(12-14)7-10-17-11-8-15/h1-2,13-14,16H,3-12H2. The molecule has 3 nitrogen and oxygen atoms in total. The van der Waals surface area contributed by atoms with E-state index in [0.717, 1.165) is 32.7 Å². The van der Waals surface area contributed by atoms with Crippen LogP contribution in [0.15, 0.2) is 12.2 Å². The van der Waals surface area contributed by atoms with Crippen LogP contribution in [0.25, 0.3) is 0 Å². The predicted molar refractivity (Wildman–Crippen MR) is 71.7 cm³/mol. The van der Waals surface area contributed by atoms with Crippen molar-refractivity contribution in [2.75, 3.05) is 19.8 Å². The van der Waals surface area contributed by atoms with Crippen LogP contribution in [0.4, 0.5) is 0 Å². The van der Waals surface area contributed by atoms with E-state index in [4.69, 9.17) is 9.47 Å². The zero-order valence-electron chi connectivity index (χ0n) is 11.2. The molecule has 18 heavy (non-hydrogen) atoms. The molecule has 0 bridgehead atoms. The summed E-state index contributed by atoms with van der Waals surface area (Å²) in [5.41, 5.74) is 0.124. The Bertz CT molecular complexity index is 291. The minimum atomic E-state index is 0.124. The number of rotatable bonds is 2. The molecule has 2 fully saturated rings. The van der Waals surface area contributed by atoms with Gasteiger partial charge in [0, 0.05) is 31.9 Å². The van der Waals surface area contributed by atoms with Gasteiger partial charge in [0.1, 0.15) is 0 Å². The van der Waals surface area contributed by atoms with Gasteiger partial charge < -0.3 is 14.8 Å². The highest BCUT2D eigenvalue weighted by atomic mass is 16.5. The summed E-state index contributed by atoms with van der Waals surface area (Å²) < 4.78 is 11.6. The Morgan fingerprint density at radius 2 is 1.89 bits per heavy atom. The molecule has 0 saturated carbocycles. The molecule has 2 atom stereocenters. The van der Waals surface area contributed by atoms with E-state index in [1.54, 1.807) is 0 Å². The van der Waals surface area contributed by atoms with Crippen molar-refractivity contribution < 1.29 is 9.47 Å². The lowest BCUT2D eigenvalue weighted by Gasteiger charge is -2.44. The van der Waals surface area contributed by atoms with E-state index in [-0.39, 0.29) is 5.60 Å². The Hall–Kier alpha value is -0.380. The lowest BCUT2D eigenvalue weighted by molar-refractivity contribution is -0.141. The normalized spacial score (nSPS) is 35.8. The Balaban J connectivity index is 1.54. The second-order valence-corrected chi connectivity index (χ2v) is 5.98. The van der Waals surface area contributed by atoms with Gasteiger partial charge in [-0.25, -0.2) is 0 Å². The third kappa shape index (κ3) is 2.95. The molecule has 102 valence electrons. The highest BCUT2D eigenvalue weighted by Crippen LogP contribution is 2.34. The summed E-state index contributed by atoms with van der Waals surface area (Å²) in [6.45, 7) is 2.66. The molecule has 1 N–H and O–H groups in total. The molecule has 0 amide bonds. The first-order valence-electron chi connectivity index (χ1n) is 7.49. The molecule has 0 aromatic heterocycles. The first-order valence-corrected chi connectivity index (χ1v) is 7.49. The molecule has 0 aromatic carbocycles. The summed E-state index contributed by atoms with van der Waals surface area (Å²) in [5.74, 6) is 0. The van der Waals surface area contributed by atoms with Gasteiger partial charge >= 0.3 is 0 Å². The van der Waals surface area contributed by atoms with Gasteiger partial charge in [-0.05, 0) is 44.9 Å². The first kappa shape index (κ1) is 12.6. The topological polar surface area (TPSA) is 30.5 Å². The second-order valence-electron chi connectivity index (χ2n) is 5.98. The van der Waals surface area contributed by atoms with Gasteiger partial charge in [-0.1, -0.05) is 12.2 Å². The fourth-order valence-electron chi connectivity index (χ4n) is 3.54. The van der Waals surface area contributed by atoms with Crippen LogP contribution >= 0.6 is 0 Å². The molecule has 3 rings (SSSR count). The highest BCUT2D eigenvalue weighted by molar-refractivity contribution is 4.97. The molecular weight excluding hydrogens is 226 g/mol. The van der Waals surface area contributed by atoms with Crippen molar-refractivity contribution in [1.29, 1.82) is 0 Å². The third-order valence-corrected chi connectivity index (χ3v) is 4.64. The molecule has 1 aliphatic carbocycles. The minimum absolute atomic E-state index is 0.124. The van der Waals surface area contributed by atoms with Crippen molar-refractivity contribution in [2.24, 2.45) is 0 Å². The van der Waals surface area contributed by atoms with Gasteiger partial charge in [0.25, 0.3) is 0 Å². The molecule has 2 aliphatic heterocycles. The molecule has 0 radical (unpaired) electrons. The molecule has 0 aromatic rings. The maximum absolute atomic E-state index is 6.09. The van der Waals surface area contributed by atoms with Crippen molar-refractivity contribution in [2.45, 2.75) is 62.6 Å². The average molecular weight is 251 g/mol. The largest absolute Gasteiger partial charge is 0.381 e. The summed E-state index contributed by atoms with van der Waals surface area (Å²) in [6, 6.07) is 1.34. The van der Waals surface area contributed by atoms with E-state index in [2.05, 4.69) is 17.5 Å². The van der Waals surface area contributed by atoms with E-state index in [0.29, 0.717) is 12.1 Å². The van der Waals surface area contributed by atoms with Crippen LogP contribution in [-0.4, -0.2) is 37.5 Å². The Morgan fingerprint density at radius 1 is 1.00 bits per heavy atom. The quantitative estimate of drug-likeness (QED) is 0.765. The third-order valence-electron chi connectivity index (χ3n) is 4.64. The van der Waals surface area contributed by atoms with Crippen LogP contribution < -0.4 is 5.32 Å². The SMILES string of the molecule is C1=CCC(NC2CCOC3(CCOCC3)C2)CC1. The van der Waals surface area contributed by atoms with Gasteiger partial charge in [0.2, 0.25) is 0 Å².